The highest BCUT2D eigenvalue weighted by molar-refractivity contribution is 7.09. The van der Waals surface area contributed by atoms with Gasteiger partial charge >= 0.3 is 5.97 Å². The third-order valence-electron chi connectivity index (χ3n) is 7.36. The van der Waals surface area contributed by atoms with E-state index in [0.29, 0.717) is 24.3 Å². The first-order valence-electron chi connectivity index (χ1n) is 13.1. The van der Waals surface area contributed by atoms with Crippen molar-refractivity contribution in [2.45, 2.75) is 91.5 Å². The molecular weight excluding hydrogens is 426 g/mol. The van der Waals surface area contributed by atoms with E-state index in [4.69, 9.17) is 4.74 Å². The molecule has 1 aromatic heterocycles. The predicted octanol–water partition coefficient (Wildman–Crippen LogP) is 7.32. The number of esters is 1. The summed E-state index contributed by atoms with van der Waals surface area (Å²) in [5.74, 6) is 1.63. The average Bonchev–Trinajstić information content (AvgIpc) is 3.33. The van der Waals surface area contributed by atoms with Crippen molar-refractivity contribution in [2.75, 3.05) is 13.1 Å². The van der Waals surface area contributed by atoms with E-state index in [2.05, 4.69) is 62.2 Å². The Labute approximate surface area is 205 Å². The van der Waals surface area contributed by atoms with E-state index in [1.165, 1.54) is 41.7 Å². The summed E-state index contributed by atoms with van der Waals surface area (Å²) in [5.41, 5.74) is 2.61. The van der Waals surface area contributed by atoms with Gasteiger partial charge in [-0.25, -0.2) is 0 Å². The van der Waals surface area contributed by atoms with Crippen LogP contribution in [0.4, 0.5) is 0 Å². The van der Waals surface area contributed by atoms with Crippen LogP contribution in [0.1, 0.15) is 82.2 Å². The second-order valence-electron chi connectivity index (χ2n) is 9.93. The summed E-state index contributed by atoms with van der Waals surface area (Å²) in [7, 11) is 0. The van der Waals surface area contributed by atoms with Crippen LogP contribution >= 0.6 is 11.3 Å². The van der Waals surface area contributed by atoms with E-state index in [-0.39, 0.29) is 5.97 Å². The number of carbonyl (C=O) groups is 1. The van der Waals surface area contributed by atoms with Gasteiger partial charge in [-0.1, -0.05) is 65.2 Å². The lowest BCUT2D eigenvalue weighted by Gasteiger charge is -2.35. The van der Waals surface area contributed by atoms with Crippen molar-refractivity contribution in [1.82, 2.24) is 4.90 Å². The zero-order chi connectivity index (χ0) is 23.6. The Morgan fingerprint density at radius 1 is 1.12 bits per heavy atom. The fourth-order valence-electron chi connectivity index (χ4n) is 5.07. The molecule has 0 radical (unpaired) electrons. The number of hydrogen-bond donors (Lipinski definition) is 0. The number of fused-ring (bicyclic) bond motifs is 1. The zero-order valence-corrected chi connectivity index (χ0v) is 22.0. The fraction of sp³-hybridized carbons (Fsp3) is 0.621. The van der Waals surface area contributed by atoms with Crippen LogP contribution in [0.3, 0.4) is 0 Å². The van der Waals surface area contributed by atoms with E-state index in [9.17, 15) is 4.79 Å². The Kier molecular flexibility index (Phi) is 10.5. The second-order valence-corrected chi connectivity index (χ2v) is 11.0. The summed E-state index contributed by atoms with van der Waals surface area (Å²) in [6, 6.07) is 11.3. The second kappa shape index (κ2) is 13.3. The highest BCUT2D eigenvalue weighted by Gasteiger charge is 2.26. The van der Waals surface area contributed by atoms with Crippen LogP contribution in [0.25, 0.3) is 0 Å². The number of hydrogen-bond acceptors (Lipinski definition) is 4. The maximum absolute atomic E-state index is 12.7. The smallest absolute Gasteiger partial charge is 0.311 e. The van der Waals surface area contributed by atoms with Crippen LogP contribution in [0.15, 0.2) is 35.7 Å². The lowest BCUT2D eigenvalue weighted by atomic mass is 9.86. The van der Waals surface area contributed by atoms with Gasteiger partial charge in [0.15, 0.2) is 0 Å². The molecule has 3 atom stereocenters. The lowest BCUT2D eigenvalue weighted by molar-refractivity contribution is -0.135. The third kappa shape index (κ3) is 7.68. The summed E-state index contributed by atoms with van der Waals surface area (Å²) < 4.78 is 5.93. The van der Waals surface area contributed by atoms with Crippen LogP contribution in [-0.2, 0) is 24.1 Å². The van der Waals surface area contributed by atoms with Gasteiger partial charge in [0.1, 0.15) is 5.75 Å². The molecule has 3 unspecified atom stereocenters. The molecule has 3 nitrogen and oxygen atoms in total. The van der Waals surface area contributed by atoms with Gasteiger partial charge in [-0.05, 0) is 79.1 Å². The molecule has 0 spiro atoms. The largest absolute Gasteiger partial charge is 0.426 e. The van der Waals surface area contributed by atoms with Gasteiger partial charge < -0.3 is 4.74 Å². The van der Waals surface area contributed by atoms with Crippen molar-refractivity contribution in [3.05, 3.63) is 51.7 Å². The van der Waals surface area contributed by atoms with E-state index in [0.717, 1.165) is 44.5 Å². The Bertz CT molecular complexity index is 847. The molecule has 1 aromatic carbocycles. The molecule has 0 saturated carbocycles. The summed E-state index contributed by atoms with van der Waals surface area (Å²) in [6.45, 7) is 11.2. The molecule has 33 heavy (non-hydrogen) atoms. The Morgan fingerprint density at radius 3 is 2.70 bits per heavy atom. The minimum absolute atomic E-state index is 0.0788. The Morgan fingerprint density at radius 2 is 1.97 bits per heavy atom. The molecule has 2 aromatic rings. The van der Waals surface area contributed by atoms with Crippen molar-refractivity contribution in [2.24, 2.45) is 11.8 Å². The van der Waals surface area contributed by atoms with Crippen LogP contribution in [0, 0.1) is 11.8 Å². The molecule has 4 heteroatoms. The molecule has 0 saturated heterocycles. The first-order chi connectivity index (χ1) is 16.0. The normalized spacial score (nSPS) is 17.5. The number of unbranched alkanes of at least 4 members (excludes halogenated alkanes) is 1. The lowest BCUT2D eigenvalue weighted by Crippen LogP contribution is -2.41. The molecule has 1 heterocycles. The summed E-state index contributed by atoms with van der Waals surface area (Å²) in [5, 5.41) is 2.17. The SMILES string of the molecule is CCCCC(C)C(C)CC(=O)Oc1cccc2c1CCC(N(CCC)CCc1cccs1)C2. The fourth-order valence-corrected chi connectivity index (χ4v) is 5.77. The van der Waals surface area contributed by atoms with Crippen LogP contribution in [0.5, 0.6) is 5.75 Å². The van der Waals surface area contributed by atoms with Crippen molar-refractivity contribution in [3.8, 4) is 5.75 Å². The van der Waals surface area contributed by atoms with Crippen molar-refractivity contribution < 1.29 is 9.53 Å². The van der Waals surface area contributed by atoms with Crippen molar-refractivity contribution in [1.29, 1.82) is 0 Å². The molecule has 0 fully saturated rings. The number of carbonyl (C=O) groups excluding carboxylic acids is 1. The monoisotopic (exact) mass is 469 g/mol. The molecule has 3 rings (SSSR count). The zero-order valence-electron chi connectivity index (χ0n) is 21.1. The maximum atomic E-state index is 12.7. The summed E-state index contributed by atoms with van der Waals surface area (Å²) >= 11 is 1.86. The third-order valence-corrected chi connectivity index (χ3v) is 8.30. The minimum Gasteiger partial charge on any atom is -0.426 e. The molecule has 0 bridgehead atoms. The van der Waals surface area contributed by atoms with E-state index >= 15 is 0 Å². The van der Waals surface area contributed by atoms with E-state index in [1.54, 1.807) is 0 Å². The van der Waals surface area contributed by atoms with Gasteiger partial charge in [0.25, 0.3) is 0 Å². The number of thiophene rings is 1. The summed E-state index contributed by atoms with van der Waals surface area (Å²) in [4.78, 5) is 16.9. The molecule has 182 valence electrons. The number of benzene rings is 1. The van der Waals surface area contributed by atoms with Gasteiger partial charge in [-0.3, -0.25) is 9.69 Å². The van der Waals surface area contributed by atoms with Gasteiger partial charge in [-0.15, -0.1) is 11.3 Å². The average molecular weight is 470 g/mol. The van der Waals surface area contributed by atoms with Crippen molar-refractivity contribution in [3.63, 3.8) is 0 Å². The van der Waals surface area contributed by atoms with Gasteiger partial charge in [0.05, 0.1) is 0 Å². The van der Waals surface area contributed by atoms with E-state index in [1.807, 2.05) is 17.4 Å². The Balaban J connectivity index is 1.59. The van der Waals surface area contributed by atoms with Crippen LogP contribution in [0.2, 0.25) is 0 Å². The Hall–Kier alpha value is -1.65. The first-order valence-corrected chi connectivity index (χ1v) is 14.0. The van der Waals surface area contributed by atoms with Gasteiger partial charge in [0.2, 0.25) is 0 Å². The van der Waals surface area contributed by atoms with E-state index < -0.39 is 0 Å². The molecule has 0 N–H and O–H groups in total. The maximum Gasteiger partial charge on any atom is 0.311 e. The minimum atomic E-state index is -0.0788. The van der Waals surface area contributed by atoms with Crippen molar-refractivity contribution >= 4 is 17.3 Å². The number of nitrogens with zero attached hydrogens (tertiary/aromatic N) is 1. The first kappa shape index (κ1) is 26.0. The molecule has 1 aliphatic carbocycles. The van der Waals surface area contributed by atoms with Crippen LogP contribution < -0.4 is 4.74 Å². The predicted molar refractivity (Wildman–Crippen MR) is 140 cm³/mol. The van der Waals surface area contributed by atoms with Gasteiger partial charge in [0, 0.05) is 23.9 Å². The quantitative estimate of drug-likeness (QED) is 0.227. The van der Waals surface area contributed by atoms with Crippen LogP contribution in [-0.4, -0.2) is 30.0 Å². The molecule has 0 amide bonds. The topological polar surface area (TPSA) is 29.5 Å². The molecule has 1 aliphatic rings. The van der Waals surface area contributed by atoms with Gasteiger partial charge in [-0.2, -0.15) is 0 Å². The summed E-state index contributed by atoms with van der Waals surface area (Å²) in [6.07, 6.45) is 9.63. The molecular formula is C29H43NO2S. The highest BCUT2D eigenvalue weighted by atomic mass is 32.1. The standard InChI is InChI=1S/C29H43NO2S/c1-5-7-10-22(3)23(4)20-29(31)32-28-13-8-11-24-21-25(14-15-27(24)28)30(17-6-2)18-16-26-12-9-19-33-26/h8-9,11-13,19,22-23,25H,5-7,10,14-18,20-21H2,1-4H3. The highest BCUT2D eigenvalue weighted by Crippen LogP contribution is 2.32. The number of ether oxygens (including phenoxy) is 1. The molecule has 0 aliphatic heterocycles. The number of rotatable bonds is 13.